The van der Waals surface area contributed by atoms with Gasteiger partial charge in [0, 0.05) is 43.2 Å². The summed E-state index contributed by atoms with van der Waals surface area (Å²) < 4.78 is 0. The minimum absolute atomic E-state index is 0.565. The van der Waals surface area contributed by atoms with Crippen LogP contribution in [0, 0.1) is 0 Å². The van der Waals surface area contributed by atoms with Crippen LogP contribution in [0.5, 0.6) is 0 Å². The van der Waals surface area contributed by atoms with Crippen molar-refractivity contribution >= 4 is 18.0 Å². The van der Waals surface area contributed by atoms with E-state index in [1.165, 1.54) is 6.08 Å². The molecule has 0 aromatic carbocycles. The SMILES string of the molecule is CCN(CC)C1CCN(c2ncc(/C=C/C(=O)O)cn2)C1. The molecule has 0 bridgehead atoms. The molecular formula is C15H22N4O2. The number of aromatic nitrogens is 2. The van der Waals surface area contributed by atoms with Gasteiger partial charge in [0.05, 0.1) is 0 Å². The number of nitrogens with zero attached hydrogens (tertiary/aromatic N) is 4. The van der Waals surface area contributed by atoms with Gasteiger partial charge in [0.15, 0.2) is 0 Å². The maximum Gasteiger partial charge on any atom is 0.328 e. The number of carboxylic acids is 1. The summed E-state index contributed by atoms with van der Waals surface area (Å²) in [4.78, 5) is 23.8. The normalized spacial score (nSPS) is 18.8. The molecule has 6 nitrogen and oxygen atoms in total. The lowest BCUT2D eigenvalue weighted by atomic mass is 10.2. The molecule has 6 heteroatoms. The van der Waals surface area contributed by atoms with E-state index in [0.717, 1.165) is 44.6 Å². The van der Waals surface area contributed by atoms with Crippen LogP contribution in [-0.4, -0.2) is 58.2 Å². The lowest BCUT2D eigenvalue weighted by Crippen LogP contribution is -2.37. The van der Waals surface area contributed by atoms with Gasteiger partial charge < -0.3 is 10.0 Å². The third-order valence-corrected chi connectivity index (χ3v) is 3.85. The minimum Gasteiger partial charge on any atom is -0.478 e. The van der Waals surface area contributed by atoms with Gasteiger partial charge in [0.2, 0.25) is 5.95 Å². The molecule has 2 rings (SSSR count). The van der Waals surface area contributed by atoms with Crippen LogP contribution in [0.15, 0.2) is 18.5 Å². The molecule has 1 aliphatic rings. The quantitative estimate of drug-likeness (QED) is 0.801. The maximum atomic E-state index is 10.5. The molecule has 114 valence electrons. The number of carbonyl (C=O) groups is 1. The van der Waals surface area contributed by atoms with Crippen molar-refractivity contribution in [3.63, 3.8) is 0 Å². The number of carboxylic acid groups (broad SMARTS) is 1. The van der Waals surface area contributed by atoms with Gasteiger partial charge in [-0.1, -0.05) is 13.8 Å². The van der Waals surface area contributed by atoms with E-state index in [9.17, 15) is 4.79 Å². The number of aliphatic carboxylic acids is 1. The number of rotatable bonds is 6. The monoisotopic (exact) mass is 290 g/mol. The molecule has 1 saturated heterocycles. The minimum atomic E-state index is -0.972. The van der Waals surface area contributed by atoms with E-state index < -0.39 is 5.97 Å². The molecule has 0 radical (unpaired) electrons. The second kappa shape index (κ2) is 7.17. The van der Waals surface area contributed by atoms with Crippen molar-refractivity contribution in [3.05, 3.63) is 24.0 Å². The fourth-order valence-corrected chi connectivity index (χ4v) is 2.71. The summed E-state index contributed by atoms with van der Waals surface area (Å²) in [7, 11) is 0. The zero-order valence-electron chi connectivity index (χ0n) is 12.6. The van der Waals surface area contributed by atoms with Gasteiger partial charge in [-0.2, -0.15) is 0 Å². The van der Waals surface area contributed by atoms with E-state index in [2.05, 4.69) is 33.6 Å². The smallest absolute Gasteiger partial charge is 0.328 e. The highest BCUT2D eigenvalue weighted by molar-refractivity contribution is 5.85. The Morgan fingerprint density at radius 1 is 1.43 bits per heavy atom. The molecule has 1 atom stereocenters. The molecule has 0 aliphatic carbocycles. The standard InChI is InChI=1S/C15H22N4O2/c1-3-18(4-2)13-7-8-19(11-13)15-16-9-12(10-17-15)5-6-14(20)21/h5-6,9-10,13H,3-4,7-8,11H2,1-2H3,(H,20,21)/b6-5+. The first-order chi connectivity index (χ1) is 10.1. The Bertz CT molecular complexity index is 497. The second-order valence-corrected chi connectivity index (χ2v) is 5.10. The summed E-state index contributed by atoms with van der Waals surface area (Å²) in [6.45, 7) is 8.42. The molecule has 1 aromatic rings. The van der Waals surface area contributed by atoms with Gasteiger partial charge in [-0.25, -0.2) is 14.8 Å². The average Bonchev–Trinajstić information content (AvgIpc) is 2.97. The first-order valence-electron chi connectivity index (χ1n) is 7.36. The fourth-order valence-electron chi connectivity index (χ4n) is 2.71. The Kier molecular flexibility index (Phi) is 5.27. The van der Waals surface area contributed by atoms with Crippen molar-refractivity contribution in [2.24, 2.45) is 0 Å². The van der Waals surface area contributed by atoms with E-state index in [1.54, 1.807) is 12.4 Å². The van der Waals surface area contributed by atoms with Gasteiger partial charge in [-0.15, -0.1) is 0 Å². The van der Waals surface area contributed by atoms with E-state index in [-0.39, 0.29) is 0 Å². The third-order valence-electron chi connectivity index (χ3n) is 3.85. The van der Waals surface area contributed by atoms with Crippen LogP contribution in [0.4, 0.5) is 5.95 Å². The number of likely N-dealkylation sites (N-methyl/N-ethyl adjacent to an activating group) is 1. The number of hydrogen-bond acceptors (Lipinski definition) is 5. The van der Waals surface area contributed by atoms with Gasteiger partial charge in [-0.3, -0.25) is 4.90 Å². The highest BCUT2D eigenvalue weighted by atomic mass is 16.4. The number of hydrogen-bond donors (Lipinski definition) is 1. The summed E-state index contributed by atoms with van der Waals surface area (Å²) in [5, 5.41) is 8.59. The lowest BCUT2D eigenvalue weighted by molar-refractivity contribution is -0.131. The highest BCUT2D eigenvalue weighted by Gasteiger charge is 2.27. The van der Waals surface area contributed by atoms with Crippen molar-refractivity contribution in [1.29, 1.82) is 0 Å². The van der Waals surface area contributed by atoms with E-state index >= 15 is 0 Å². The average molecular weight is 290 g/mol. The molecule has 21 heavy (non-hydrogen) atoms. The molecule has 1 aliphatic heterocycles. The second-order valence-electron chi connectivity index (χ2n) is 5.10. The van der Waals surface area contributed by atoms with Crippen LogP contribution in [0.3, 0.4) is 0 Å². The third kappa shape index (κ3) is 4.01. The summed E-state index contributed by atoms with van der Waals surface area (Å²) in [5.41, 5.74) is 0.695. The van der Waals surface area contributed by atoms with Crippen molar-refractivity contribution in [1.82, 2.24) is 14.9 Å². The molecule has 0 spiro atoms. The predicted molar refractivity (Wildman–Crippen MR) is 82.2 cm³/mol. The molecule has 1 aromatic heterocycles. The molecule has 1 fully saturated rings. The van der Waals surface area contributed by atoms with Gasteiger partial charge in [0.25, 0.3) is 0 Å². The lowest BCUT2D eigenvalue weighted by Gasteiger charge is -2.26. The molecule has 0 amide bonds. The predicted octanol–water partition coefficient (Wildman–Crippen LogP) is 1.49. The zero-order chi connectivity index (χ0) is 15.2. The Labute approximate surface area is 125 Å². The molecular weight excluding hydrogens is 268 g/mol. The van der Waals surface area contributed by atoms with Crippen LogP contribution in [0.25, 0.3) is 6.08 Å². The summed E-state index contributed by atoms with van der Waals surface area (Å²) in [6, 6.07) is 0.565. The first-order valence-corrected chi connectivity index (χ1v) is 7.36. The van der Waals surface area contributed by atoms with Gasteiger partial charge in [0.1, 0.15) is 0 Å². The van der Waals surface area contributed by atoms with Crippen molar-refractivity contribution in [3.8, 4) is 0 Å². The molecule has 2 heterocycles. The molecule has 0 saturated carbocycles. The van der Waals surface area contributed by atoms with Crippen molar-refractivity contribution < 1.29 is 9.90 Å². The van der Waals surface area contributed by atoms with Gasteiger partial charge >= 0.3 is 5.97 Å². The van der Waals surface area contributed by atoms with Crippen molar-refractivity contribution in [2.75, 3.05) is 31.1 Å². The Morgan fingerprint density at radius 3 is 2.67 bits per heavy atom. The van der Waals surface area contributed by atoms with Crippen LogP contribution in [-0.2, 0) is 4.79 Å². The van der Waals surface area contributed by atoms with E-state index in [4.69, 9.17) is 5.11 Å². The first kappa shape index (κ1) is 15.4. The van der Waals surface area contributed by atoms with Crippen molar-refractivity contribution in [2.45, 2.75) is 26.3 Å². The van der Waals surface area contributed by atoms with Crippen LogP contribution >= 0.6 is 0 Å². The Hall–Kier alpha value is -1.95. The highest BCUT2D eigenvalue weighted by Crippen LogP contribution is 2.19. The maximum absolute atomic E-state index is 10.5. The van der Waals surface area contributed by atoms with Crippen LogP contribution < -0.4 is 4.90 Å². The fraction of sp³-hybridized carbons (Fsp3) is 0.533. The topological polar surface area (TPSA) is 69.6 Å². The molecule has 1 N–H and O–H groups in total. The largest absolute Gasteiger partial charge is 0.478 e. The molecule has 1 unspecified atom stereocenters. The zero-order valence-corrected chi connectivity index (χ0v) is 12.6. The summed E-state index contributed by atoms with van der Waals surface area (Å²) in [6.07, 6.45) is 7.03. The Morgan fingerprint density at radius 2 is 2.10 bits per heavy atom. The Balaban J connectivity index is 1.99. The van der Waals surface area contributed by atoms with Gasteiger partial charge in [-0.05, 0) is 25.6 Å². The van der Waals surface area contributed by atoms with Crippen LogP contribution in [0.2, 0.25) is 0 Å². The van der Waals surface area contributed by atoms with E-state index in [1.807, 2.05) is 0 Å². The number of anilines is 1. The van der Waals surface area contributed by atoms with E-state index in [0.29, 0.717) is 11.6 Å². The summed E-state index contributed by atoms with van der Waals surface area (Å²) >= 11 is 0. The van der Waals surface area contributed by atoms with Crippen LogP contribution in [0.1, 0.15) is 25.8 Å². The summed E-state index contributed by atoms with van der Waals surface area (Å²) in [5.74, 6) is -0.252.